The number of halogens is 1. The molecule has 1 aromatic carbocycles. The molecule has 2 rings (SSSR count). The third-order valence-corrected chi connectivity index (χ3v) is 4.19. The molecule has 1 atom stereocenters. The Morgan fingerprint density at radius 2 is 2.15 bits per heavy atom. The molecule has 2 aromatic rings. The number of hydrogen-bond acceptors (Lipinski definition) is 4. The second-order valence-electron chi connectivity index (χ2n) is 4.61. The number of hydrogen-bond donors (Lipinski definition) is 2. The van der Waals surface area contributed by atoms with Gasteiger partial charge in [-0.2, -0.15) is 0 Å². The van der Waals surface area contributed by atoms with Crippen molar-refractivity contribution in [3.63, 3.8) is 0 Å². The predicted octanol–water partition coefficient (Wildman–Crippen LogP) is 2.97. The Labute approximate surface area is 120 Å². The van der Waals surface area contributed by atoms with Crippen LogP contribution in [0.15, 0.2) is 18.2 Å². The number of carbonyl (C=O) groups excluding carboxylic acids is 1. The number of nitrogens with zero attached hydrogens (tertiary/aromatic N) is 1. The first kappa shape index (κ1) is 14.5. The molecule has 20 heavy (non-hydrogen) atoms. The number of aromatic nitrogens is 1. The molecular weight excluding hydrogens is 277 g/mol. The monoisotopic (exact) mass is 293 g/mol. The van der Waals surface area contributed by atoms with Crippen molar-refractivity contribution >= 4 is 22.9 Å². The molecule has 1 aromatic heterocycles. The summed E-state index contributed by atoms with van der Waals surface area (Å²) in [7, 11) is 0. The summed E-state index contributed by atoms with van der Waals surface area (Å²) in [4.78, 5) is 17.5. The van der Waals surface area contributed by atoms with E-state index < -0.39 is 5.82 Å². The number of amides is 1. The third-order valence-electron chi connectivity index (χ3n) is 2.94. The molecule has 1 amide bonds. The van der Waals surface area contributed by atoms with Crippen molar-refractivity contribution < 1.29 is 9.18 Å². The quantitative estimate of drug-likeness (QED) is 0.855. The van der Waals surface area contributed by atoms with Gasteiger partial charge in [0.15, 0.2) is 0 Å². The van der Waals surface area contributed by atoms with Crippen molar-refractivity contribution in [3.05, 3.63) is 45.2 Å². The Bertz CT molecular complexity index is 654. The molecule has 6 heteroatoms. The number of nitrogens with one attached hydrogen (secondary N) is 1. The van der Waals surface area contributed by atoms with Gasteiger partial charge >= 0.3 is 0 Å². The maximum atomic E-state index is 13.0. The SMILES string of the molecule is Cc1nc(C)c(C(C)NC(=O)c2ccc(F)cc2N)s1. The molecule has 1 unspecified atom stereocenters. The molecule has 0 radical (unpaired) electrons. The Hall–Kier alpha value is -1.95. The zero-order valence-electron chi connectivity index (χ0n) is 11.5. The van der Waals surface area contributed by atoms with E-state index in [0.717, 1.165) is 21.6 Å². The number of carbonyl (C=O) groups is 1. The zero-order chi connectivity index (χ0) is 14.9. The van der Waals surface area contributed by atoms with Crippen LogP contribution in [0.2, 0.25) is 0 Å². The summed E-state index contributed by atoms with van der Waals surface area (Å²) in [6.07, 6.45) is 0. The highest BCUT2D eigenvalue weighted by Crippen LogP contribution is 2.25. The number of rotatable bonds is 3. The molecule has 0 bridgehead atoms. The zero-order valence-corrected chi connectivity index (χ0v) is 12.3. The fraction of sp³-hybridized carbons (Fsp3) is 0.286. The highest BCUT2D eigenvalue weighted by molar-refractivity contribution is 7.11. The fourth-order valence-electron chi connectivity index (χ4n) is 2.03. The molecule has 0 fully saturated rings. The van der Waals surface area contributed by atoms with Crippen LogP contribution in [0.1, 0.15) is 38.9 Å². The minimum Gasteiger partial charge on any atom is -0.398 e. The lowest BCUT2D eigenvalue weighted by atomic mass is 10.1. The van der Waals surface area contributed by atoms with Gasteiger partial charge in [0.2, 0.25) is 0 Å². The van der Waals surface area contributed by atoms with Gasteiger partial charge in [0.1, 0.15) is 5.82 Å². The Balaban J connectivity index is 2.17. The van der Waals surface area contributed by atoms with E-state index in [1.165, 1.54) is 12.1 Å². The van der Waals surface area contributed by atoms with Crippen molar-refractivity contribution in [2.75, 3.05) is 5.73 Å². The van der Waals surface area contributed by atoms with E-state index in [1.807, 2.05) is 20.8 Å². The highest BCUT2D eigenvalue weighted by atomic mass is 32.1. The van der Waals surface area contributed by atoms with Crippen LogP contribution >= 0.6 is 11.3 Å². The number of nitrogen functional groups attached to an aromatic ring is 1. The van der Waals surface area contributed by atoms with E-state index in [1.54, 1.807) is 11.3 Å². The Morgan fingerprint density at radius 1 is 1.45 bits per heavy atom. The summed E-state index contributed by atoms with van der Waals surface area (Å²) < 4.78 is 13.0. The lowest BCUT2D eigenvalue weighted by Gasteiger charge is -2.14. The van der Waals surface area contributed by atoms with E-state index in [4.69, 9.17) is 5.73 Å². The van der Waals surface area contributed by atoms with Crippen molar-refractivity contribution in [3.8, 4) is 0 Å². The molecule has 4 nitrogen and oxygen atoms in total. The Kier molecular flexibility index (Phi) is 4.04. The van der Waals surface area contributed by atoms with E-state index in [9.17, 15) is 9.18 Å². The molecule has 0 aliphatic heterocycles. The molecule has 106 valence electrons. The largest absolute Gasteiger partial charge is 0.398 e. The van der Waals surface area contributed by atoms with Crippen molar-refractivity contribution in [1.82, 2.24) is 10.3 Å². The lowest BCUT2D eigenvalue weighted by molar-refractivity contribution is 0.0941. The number of nitrogens with two attached hydrogens (primary N) is 1. The first-order valence-electron chi connectivity index (χ1n) is 6.18. The molecule has 0 aliphatic rings. The first-order chi connectivity index (χ1) is 9.38. The van der Waals surface area contributed by atoms with Gasteiger partial charge in [0.05, 0.1) is 22.3 Å². The highest BCUT2D eigenvalue weighted by Gasteiger charge is 2.17. The number of thiazole rings is 1. The Morgan fingerprint density at radius 3 is 2.70 bits per heavy atom. The standard InChI is InChI=1S/C14H16FN3OS/c1-7-13(20-9(3)17-7)8(2)18-14(19)11-5-4-10(15)6-12(11)16/h4-6,8H,16H2,1-3H3,(H,18,19). The summed E-state index contributed by atoms with van der Waals surface area (Å²) in [6, 6.07) is 3.58. The van der Waals surface area contributed by atoms with Gasteiger partial charge in [-0.3, -0.25) is 4.79 Å². The van der Waals surface area contributed by atoms with Gasteiger partial charge in [-0.05, 0) is 39.0 Å². The van der Waals surface area contributed by atoms with E-state index in [0.29, 0.717) is 0 Å². The number of aryl methyl sites for hydroxylation is 2. The van der Waals surface area contributed by atoms with Gasteiger partial charge in [-0.15, -0.1) is 11.3 Å². The second kappa shape index (κ2) is 5.58. The topological polar surface area (TPSA) is 68.0 Å². The van der Waals surface area contributed by atoms with Gasteiger partial charge in [-0.1, -0.05) is 0 Å². The second-order valence-corrected chi connectivity index (χ2v) is 5.84. The fourth-order valence-corrected chi connectivity index (χ4v) is 2.96. The van der Waals surface area contributed by atoms with Crippen LogP contribution in [0.4, 0.5) is 10.1 Å². The van der Waals surface area contributed by atoms with Crippen LogP contribution in [0.3, 0.4) is 0 Å². The minimum atomic E-state index is -0.457. The third kappa shape index (κ3) is 2.96. The predicted molar refractivity (Wildman–Crippen MR) is 78.3 cm³/mol. The summed E-state index contributed by atoms with van der Waals surface area (Å²) in [5.41, 5.74) is 6.98. The summed E-state index contributed by atoms with van der Waals surface area (Å²) in [5, 5.41) is 3.81. The van der Waals surface area contributed by atoms with Gasteiger partial charge in [0, 0.05) is 10.6 Å². The number of benzene rings is 1. The van der Waals surface area contributed by atoms with Crippen LogP contribution in [-0.4, -0.2) is 10.9 Å². The normalized spacial score (nSPS) is 12.2. The van der Waals surface area contributed by atoms with Gasteiger partial charge in [-0.25, -0.2) is 9.37 Å². The van der Waals surface area contributed by atoms with E-state index >= 15 is 0 Å². The van der Waals surface area contributed by atoms with Crippen molar-refractivity contribution in [1.29, 1.82) is 0 Å². The van der Waals surface area contributed by atoms with Crippen molar-refractivity contribution in [2.45, 2.75) is 26.8 Å². The van der Waals surface area contributed by atoms with Crippen LogP contribution in [-0.2, 0) is 0 Å². The van der Waals surface area contributed by atoms with Crippen LogP contribution in [0, 0.1) is 19.7 Å². The van der Waals surface area contributed by atoms with Crippen LogP contribution in [0.25, 0.3) is 0 Å². The van der Waals surface area contributed by atoms with E-state index in [2.05, 4.69) is 10.3 Å². The van der Waals surface area contributed by atoms with Gasteiger partial charge < -0.3 is 11.1 Å². The molecule has 0 saturated heterocycles. The lowest BCUT2D eigenvalue weighted by Crippen LogP contribution is -2.27. The molecule has 3 N–H and O–H groups in total. The van der Waals surface area contributed by atoms with Crippen molar-refractivity contribution in [2.24, 2.45) is 0 Å². The molecule has 0 aliphatic carbocycles. The average molecular weight is 293 g/mol. The molecule has 0 saturated carbocycles. The molecule has 0 spiro atoms. The van der Waals surface area contributed by atoms with Crippen LogP contribution < -0.4 is 11.1 Å². The summed E-state index contributed by atoms with van der Waals surface area (Å²) >= 11 is 1.55. The first-order valence-corrected chi connectivity index (χ1v) is 7.00. The van der Waals surface area contributed by atoms with Gasteiger partial charge in [0.25, 0.3) is 5.91 Å². The van der Waals surface area contributed by atoms with E-state index in [-0.39, 0.29) is 23.2 Å². The molecular formula is C14H16FN3OS. The summed E-state index contributed by atoms with van der Waals surface area (Å²) in [6.45, 7) is 5.72. The smallest absolute Gasteiger partial charge is 0.253 e. The maximum Gasteiger partial charge on any atom is 0.253 e. The molecule has 1 heterocycles. The number of anilines is 1. The summed E-state index contributed by atoms with van der Waals surface area (Å²) in [5.74, 6) is -0.776. The average Bonchev–Trinajstić information content (AvgIpc) is 2.68. The maximum absolute atomic E-state index is 13.0. The minimum absolute atomic E-state index is 0.131. The van der Waals surface area contributed by atoms with Crippen LogP contribution in [0.5, 0.6) is 0 Å².